The number of benzene rings is 5. The molecular weight excluding hydrogens is 616 g/mol. The van der Waals surface area contributed by atoms with Crippen LogP contribution in [-0.2, 0) is 22.4 Å². The number of amides is 2. The summed E-state index contributed by atoms with van der Waals surface area (Å²) in [6.45, 7) is 0.489. The Bertz CT molecular complexity index is 1760. The lowest BCUT2D eigenvalue weighted by Crippen LogP contribution is -2.35. The minimum absolute atomic E-state index is 0.191. The Labute approximate surface area is 264 Å². The minimum atomic E-state index is -1.55. The second-order valence-corrected chi connectivity index (χ2v) is 11.2. The Morgan fingerprint density at radius 3 is 1.98 bits per heavy atom. The zero-order valence-corrected chi connectivity index (χ0v) is 25.5. The Morgan fingerprint density at radius 2 is 1.32 bits per heavy atom. The van der Waals surface area contributed by atoms with Crippen molar-refractivity contribution in [3.63, 3.8) is 0 Å². The highest BCUT2D eigenvalue weighted by Gasteiger charge is 2.23. The van der Waals surface area contributed by atoms with Gasteiger partial charge in [0.25, 0.3) is 5.91 Å². The van der Waals surface area contributed by atoms with Crippen LogP contribution in [-0.4, -0.2) is 29.4 Å². The molecule has 0 aliphatic heterocycles. The molecule has 0 fully saturated rings. The van der Waals surface area contributed by atoms with Gasteiger partial charge in [0, 0.05) is 16.6 Å². The maximum absolute atomic E-state index is 12.9. The van der Waals surface area contributed by atoms with E-state index in [2.05, 4.69) is 63.0 Å². The fraction of sp³-hybridized carbons (Fsp3) is 0.108. The molecule has 6 nitrogen and oxygen atoms in total. The Kier molecular flexibility index (Phi) is 10.00. The standard InChI is InChI=1S/C37H31BrN2O4/c38-33-23-30(35(41)39-22-21-25-15-17-27(18-16-25)26-9-3-1-4-10-26)20-19-29(33)24-34(40-36(42)37(43)44)32-14-8-7-13-31(32)28-11-5-2-6-12-28/h1-20,23,34H,21-22,24H2,(H,39,41)(H,40,42)(H,43,44). The lowest BCUT2D eigenvalue weighted by atomic mass is 9.91. The number of halogens is 1. The summed E-state index contributed by atoms with van der Waals surface area (Å²) in [6, 6.07) is 40.5. The van der Waals surface area contributed by atoms with Crippen LogP contribution in [0.2, 0.25) is 0 Å². The maximum Gasteiger partial charge on any atom is 0.394 e. The van der Waals surface area contributed by atoms with Gasteiger partial charge in [-0.15, -0.1) is 0 Å². The van der Waals surface area contributed by atoms with E-state index in [1.165, 1.54) is 0 Å². The topological polar surface area (TPSA) is 95.5 Å². The van der Waals surface area contributed by atoms with Crippen LogP contribution in [0.1, 0.15) is 33.1 Å². The van der Waals surface area contributed by atoms with E-state index in [1.54, 1.807) is 12.1 Å². The summed E-state index contributed by atoms with van der Waals surface area (Å²) in [5, 5.41) is 15.0. The molecule has 7 heteroatoms. The lowest BCUT2D eigenvalue weighted by molar-refractivity contribution is -0.150. The van der Waals surface area contributed by atoms with Crippen LogP contribution in [0.15, 0.2) is 132 Å². The summed E-state index contributed by atoms with van der Waals surface area (Å²) in [5.74, 6) is -2.83. The predicted octanol–water partition coefficient (Wildman–Crippen LogP) is 7.24. The highest BCUT2D eigenvalue weighted by molar-refractivity contribution is 9.10. The highest BCUT2D eigenvalue weighted by atomic mass is 79.9. The monoisotopic (exact) mass is 646 g/mol. The summed E-state index contributed by atoms with van der Waals surface area (Å²) in [7, 11) is 0. The summed E-state index contributed by atoms with van der Waals surface area (Å²) in [6.07, 6.45) is 1.01. The molecule has 5 aromatic rings. The largest absolute Gasteiger partial charge is 0.474 e. The second kappa shape index (κ2) is 14.4. The molecule has 5 aromatic carbocycles. The average Bonchev–Trinajstić information content (AvgIpc) is 3.06. The molecule has 0 radical (unpaired) electrons. The summed E-state index contributed by atoms with van der Waals surface area (Å²) < 4.78 is 0.688. The number of hydrogen-bond acceptors (Lipinski definition) is 3. The first-order valence-electron chi connectivity index (χ1n) is 14.3. The van der Waals surface area contributed by atoms with Crippen molar-refractivity contribution >= 4 is 33.7 Å². The first-order chi connectivity index (χ1) is 21.4. The second-order valence-electron chi connectivity index (χ2n) is 10.4. The van der Waals surface area contributed by atoms with Crippen LogP contribution in [0.3, 0.4) is 0 Å². The first-order valence-corrected chi connectivity index (χ1v) is 15.1. The van der Waals surface area contributed by atoms with Crippen molar-refractivity contribution in [1.29, 1.82) is 0 Å². The third kappa shape index (κ3) is 7.68. The molecular formula is C37H31BrN2O4. The molecule has 0 spiro atoms. The van der Waals surface area contributed by atoms with Gasteiger partial charge in [0.2, 0.25) is 0 Å². The first kappa shape index (κ1) is 30.4. The van der Waals surface area contributed by atoms with Gasteiger partial charge in [0.1, 0.15) is 0 Å². The maximum atomic E-state index is 12.9. The molecule has 2 amide bonds. The van der Waals surface area contributed by atoms with Gasteiger partial charge in [-0.25, -0.2) is 4.79 Å². The number of nitrogens with one attached hydrogen (secondary N) is 2. The zero-order chi connectivity index (χ0) is 30.9. The van der Waals surface area contributed by atoms with Crippen molar-refractivity contribution in [2.24, 2.45) is 0 Å². The highest BCUT2D eigenvalue weighted by Crippen LogP contribution is 2.32. The molecule has 0 saturated heterocycles. The molecule has 3 N–H and O–H groups in total. The molecule has 0 aromatic heterocycles. The van der Waals surface area contributed by atoms with Gasteiger partial charge in [-0.2, -0.15) is 0 Å². The van der Waals surface area contributed by atoms with Crippen LogP contribution in [0.25, 0.3) is 22.3 Å². The van der Waals surface area contributed by atoms with E-state index in [0.29, 0.717) is 29.4 Å². The third-order valence-corrected chi connectivity index (χ3v) is 8.16. The van der Waals surface area contributed by atoms with Crippen molar-refractivity contribution in [2.45, 2.75) is 18.9 Å². The van der Waals surface area contributed by atoms with Gasteiger partial charge < -0.3 is 15.7 Å². The molecule has 0 aliphatic rings. The summed E-state index contributed by atoms with van der Waals surface area (Å²) in [5.41, 5.74) is 7.40. The van der Waals surface area contributed by atoms with Crippen LogP contribution >= 0.6 is 15.9 Å². The molecule has 0 bridgehead atoms. The van der Waals surface area contributed by atoms with Gasteiger partial charge in [0.05, 0.1) is 6.04 Å². The van der Waals surface area contributed by atoms with Gasteiger partial charge in [0.15, 0.2) is 0 Å². The van der Waals surface area contributed by atoms with E-state index in [9.17, 15) is 19.5 Å². The number of carbonyl (C=O) groups excluding carboxylic acids is 2. The summed E-state index contributed by atoms with van der Waals surface area (Å²) in [4.78, 5) is 36.7. The number of hydrogen-bond donors (Lipinski definition) is 3. The van der Waals surface area contributed by atoms with E-state index >= 15 is 0 Å². The third-order valence-electron chi connectivity index (χ3n) is 7.42. The SMILES string of the molecule is O=C(O)C(=O)NC(Cc1ccc(C(=O)NCCc2ccc(-c3ccccc3)cc2)cc1Br)c1ccccc1-c1ccccc1. The van der Waals surface area contributed by atoms with E-state index in [1.807, 2.05) is 78.9 Å². The molecule has 1 unspecified atom stereocenters. The smallest absolute Gasteiger partial charge is 0.394 e. The van der Waals surface area contributed by atoms with E-state index in [0.717, 1.165) is 38.9 Å². The minimum Gasteiger partial charge on any atom is -0.474 e. The molecule has 220 valence electrons. The Balaban J connectivity index is 1.26. The Hall–Kier alpha value is -5.01. The average molecular weight is 648 g/mol. The quantitative estimate of drug-likeness (QED) is 0.139. The van der Waals surface area contributed by atoms with Crippen LogP contribution < -0.4 is 10.6 Å². The number of carboxylic acids is 1. The van der Waals surface area contributed by atoms with Crippen molar-refractivity contribution < 1.29 is 19.5 Å². The fourth-order valence-electron chi connectivity index (χ4n) is 5.13. The molecule has 1 atom stereocenters. The number of rotatable bonds is 10. The van der Waals surface area contributed by atoms with E-state index < -0.39 is 17.9 Å². The van der Waals surface area contributed by atoms with Crippen LogP contribution in [0.4, 0.5) is 0 Å². The van der Waals surface area contributed by atoms with Crippen LogP contribution in [0, 0.1) is 0 Å². The molecule has 0 aliphatic carbocycles. The molecule has 0 heterocycles. The van der Waals surface area contributed by atoms with Gasteiger partial charge in [-0.3, -0.25) is 9.59 Å². The van der Waals surface area contributed by atoms with Crippen molar-refractivity contribution in [2.75, 3.05) is 6.54 Å². The lowest BCUT2D eigenvalue weighted by Gasteiger charge is -2.22. The van der Waals surface area contributed by atoms with E-state index in [-0.39, 0.29) is 5.91 Å². The van der Waals surface area contributed by atoms with Crippen LogP contribution in [0.5, 0.6) is 0 Å². The number of carbonyl (C=O) groups is 3. The normalized spacial score (nSPS) is 11.4. The molecule has 5 rings (SSSR count). The zero-order valence-electron chi connectivity index (χ0n) is 23.9. The van der Waals surface area contributed by atoms with Gasteiger partial charge >= 0.3 is 11.9 Å². The molecule has 44 heavy (non-hydrogen) atoms. The number of aliphatic carboxylic acids is 1. The van der Waals surface area contributed by atoms with Gasteiger partial charge in [-0.1, -0.05) is 131 Å². The van der Waals surface area contributed by atoms with Crippen molar-refractivity contribution in [3.05, 3.63) is 154 Å². The van der Waals surface area contributed by atoms with Crippen molar-refractivity contribution in [3.8, 4) is 22.3 Å². The van der Waals surface area contributed by atoms with E-state index in [4.69, 9.17) is 0 Å². The Morgan fingerprint density at radius 1 is 0.705 bits per heavy atom. The summed E-state index contributed by atoms with van der Waals surface area (Å²) >= 11 is 3.60. The number of carboxylic acid groups (broad SMARTS) is 1. The fourth-order valence-corrected chi connectivity index (χ4v) is 5.67. The van der Waals surface area contributed by atoms with Gasteiger partial charge in [-0.05, 0) is 63.9 Å². The van der Waals surface area contributed by atoms with Crippen molar-refractivity contribution in [1.82, 2.24) is 10.6 Å². The predicted molar refractivity (Wildman–Crippen MR) is 176 cm³/mol. The molecule has 0 saturated carbocycles.